The summed E-state index contributed by atoms with van der Waals surface area (Å²) in [4.78, 5) is 12.6. The van der Waals surface area contributed by atoms with Gasteiger partial charge < -0.3 is 9.13 Å². The van der Waals surface area contributed by atoms with Crippen molar-refractivity contribution in [3.8, 4) is 0 Å². The van der Waals surface area contributed by atoms with Gasteiger partial charge in [0.25, 0.3) is 0 Å². The molecule has 0 unspecified atom stereocenters. The van der Waals surface area contributed by atoms with Crippen molar-refractivity contribution in [3.63, 3.8) is 0 Å². The molecule has 0 saturated carbocycles. The van der Waals surface area contributed by atoms with Gasteiger partial charge in [-0.15, -0.1) is 0 Å². The molecule has 3 rings (SSSR count). The Morgan fingerprint density at radius 3 is 2.50 bits per heavy atom. The minimum Gasteiger partial charge on any atom is -0.313 e. The fourth-order valence-corrected chi connectivity index (χ4v) is 2.98. The summed E-state index contributed by atoms with van der Waals surface area (Å²) >= 11 is 0. The van der Waals surface area contributed by atoms with Crippen molar-refractivity contribution < 1.29 is 4.79 Å². The van der Waals surface area contributed by atoms with Gasteiger partial charge in [0, 0.05) is 18.2 Å². The third-order valence-corrected chi connectivity index (χ3v) is 4.35. The van der Waals surface area contributed by atoms with Crippen LogP contribution in [-0.2, 0) is 13.6 Å². The van der Waals surface area contributed by atoms with Crippen LogP contribution in [-0.4, -0.2) is 22.8 Å². The van der Waals surface area contributed by atoms with Crippen molar-refractivity contribution in [3.05, 3.63) is 65.8 Å². The number of aromatic nitrogens is 2. The van der Waals surface area contributed by atoms with Crippen molar-refractivity contribution in [1.82, 2.24) is 9.13 Å². The molecule has 120 valence electrons. The van der Waals surface area contributed by atoms with Crippen LogP contribution < -0.4 is 11.1 Å². The van der Waals surface area contributed by atoms with Gasteiger partial charge in [0.1, 0.15) is 7.85 Å². The number of ketones is 1. The van der Waals surface area contributed by atoms with Crippen molar-refractivity contribution in [2.24, 2.45) is 7.05 Å². The molecule has 0 fully saturated rings. The first kappa shape index (κ1) is 16.1. The number of hydrogen-bond acceptors (Lipinski definition) is 2. The highest BCUT2D eigenvalue weighted by Crippen LogP contribution is 2.23. The monoisotopic (exact) mass is 317 g/mol. The van der Waals surface area contributed by atoms with Crippen LogP contribution in [0.25, 0.3) is 16.6 Å². The molecule has 0 aliphatic carbocycles. The summed E-state index contributed by atoms with van der Waals surface area (Å²) in [5, 5.41) is 8.40. The number of fused-ring (bicyclic) bond motifs is 1. The van der Waals surface area contributed by atoms with Gasteiger partial charge in [-0.05, 0) is 18.6 Å². The highest BCUT2D eigenvalue weighted by molar-refractivity contribution is 6.32. The SMILES string of the molecule is Bc1ccc(C(=O)Cn2c(=N)n(C)c3c(C(=C)C)cccc32)cc1. The fraction of sp³-hybridized carbons (Fsp3) is 0.158. The smallest absolute Gasteiger partial charge is 0.203 e. The number of carbonyl (C=O) groups is 1. The third kappa shape index (κ3) is 2.62. The van der Waals surface area contributed by atoms with Gasteiger partial charge in [0.05, 0.1) is 17.6 Å². The summed E-state index contributed by atoms with van der Waals surface area (Å²) < 4.78 is 3.56. The van der Waals surface area contributed by atoms with Crippen molar-refractivity contribution in [2.75, 3.05) is 0 Å². The molecule has 0 amide bonds. The Bertz CT molecular complexity index is 1010. The van der Waals surface area contributed by atoms with Gasteiger partial charge in [-0.3, -0.25) is 10.2 Å². The molecule has 24 heavy (non-hydrogen) atoms. The highest BCUT2D eigenvalue weighted by atomic mass is 16.1. The lowest BCUT2D eigenvalue weighted by Crippen LogP contribution is -2.26. The molecule has 4 nitrogen and oxygen atoms in total. The lowest BCUT2D eigenvalue weighted by molar-refractivity contribution is 0.0971. The maximum atomic E-state index is 12.6. The minimum absolute atomic E-state index is 0.00160. The molecule has 5 heteroatoms. The molecule has 1 N–H and O–H groups in total. The van der Waals surface area contributed by atoms with Crippen molar-refractivity contribution in [1.29, 1.82) is 5.41 Å². The average Bonchev–Trinajstić information content (AvgIpc) is 2.80. The molecule has 0 spiro atoms. The second kappa shape index (κ2) is 6.00. The zero-order chi connectivity index (χ0) is 17.4. The maximum Gasteiger partial charge on any atom is 0.203 e. The van der Waals surface area contributed by atoms with Gasteiger partial charge in [0.2, 0.25) is 5.62 Å². The van der Waals surface area contributed by atoms with E-state index in [4.69, 9.17) is 5.41 Å². The normalized spacial score (nSPS) is 10.9. The number of nitrogens with one attached hydrogen (secondary N) is 1. The van der Waals surface area contributed by atoms with Crippen LogP contribution in [0.5, 0.6) is 0 Å². The Kier molecular flexibility index (Phi) is 4.02. The molecular weight excluding hydrogens is 297 g/mol. The van der Waals surface area contributed by atoms with Crippen LogP contribution in [0.1, 0.15) is 22.8 Å². The van der Waals surface area contributed by atoms with Crippen LogP contribution in [0.3, 0.4) is 0 Å². The van der Waals surface area contributed by atoms with Crippen molar-refractivity contribution >= 4 is 35.7 Å². The topological polar surface area (TPSA) is 50.8 Å². The van der Waals surface area contributed by atoms with Gasteiger partial charge in [-0.2, -0.15) is 0 Å². The highest BCUT2D eigenvalue weighted by Gasteiger charge is 2.15. The first-order valence-corrected chi connectivity index (χ1v) is 7.88. The largest absolute Gasteiger partial charge is 0.313 e. The van der Waals surface area contributed by atoms with Gasteiger partial charge in [0.15, 0.2) is 5.78 Å². The summed E-state index contributed by atoms with van der Waals surface area (Å²) in [6.45, 7) is 6.12. The Morgan fingerprint density at radius 2 is 1.88 bits per heavy atom. The Balaban J connectivity index is 2.10. The fourth-order valence-electron chi connectivity index (χ4n) is 2.98. The van der Waals surface area contributed by atoms with Crippen LogP contribution in [0, 0.1) is 5.41 Å². The molecule has 0 bridgehead atoms. The summed E-state index contributed by atoms with van der Waals surface area (Å²) in [7, 11) is 3.85. The van der Waals surface area contributed by atoms with Gasteiger partial charge >= 0.3 is 0 Å². The molecule has 0 aliphatic rings. The van der Waals surface area contributed by atoms with E-state index in [1.807, 2.05) is 68.8 Å². The van der Waals surface area contributed by atoms with E-state index >= 15 is 0 Å². The van der Waals surface area contributed by atoms with E-state index in [-0.39, 0.29) is 12.3 Å². The number of carbonyl (C=O) groups excluding carboxylic acids is 1. The van der Waals surface area contributed by atoms with Gasteiger partial charge in [-0.25, -0.2) is 0 Å². The molecule has 0 saturated heterocycles. The Hall–Kier alpha value is -2.82. The van der Waals surface area contributed by atoms with Crippen LogP contribution in [0.4, 0.5) is 0 Å². The first-order valence-electron chi connectivity index (χ1n) is 7.88. The lowest BCUT2D eigenvalue weighted by Gasteiger charge is -2.06. The average molecular weight is 317 g/mol. The number of benzene rings is 2. The Morgan fingerprint density at radius 1 is 1.21 bits per heavy atom. The van der Waals surface area contributed by atoms with Crippen molar-refractivity contribution in [2.45, 2.75) is 13.5 Å². The van der Waals surface area contributed by atoms with Gasteiger partial charge in [-0.1, -0.05) is 48.4 Å². The number of allylic oxidation sites excluding steroid dienone is 1. The third-order valence-electron chi connectivity index (χ3n) is 4.35. The van der Waals surface area contributed by atoms with E-state index in [2.05, 4.69) is 6.58 Å². The van der Waals surface area contributed by atoms with E-state index in [0.29, 0.717) is 11.2 Å². The number of rotatable bonds is 4. The summed E-state index contributed by atoms with van der Waals surface area (Å²) in [5.74, 6) is 0.00160. The molecule has 0 aliphatic heterocycles. The molecule has 1 aromatic heterocycles. The zero-order valence-corrected chi connectivity index (χ0v) is 14.3. The molecule has 2 aromatic carbocycles. The maximum absolute atomic E-state index is 12.6. The Labute approximate surface area is 142 Å². The molecule has 3 aromatic rings. The van der Waals surface area contributed by atoms with Crippen LogP contribution in [0.2, 0.25) is 0 Å². The van der Waals surface area contributed by atoms with E-state index in [9.17, 15) is 4.79 Å². The summed E-state index contributed by atoms with van der Waals surface area (Å²) in [5.41, 5.74) is 5.86. The molecular formula is C19H20BN3O. The van der Waals surface area contributed by atoms with E-state index in [1.165, 1.54) is 0 Å². The first-order chi connectivity index (χ1) is 11.4. The van der Waals surface area contributed by atoms with E-state index in [0.717, 1.165) is 27.6 Å². The van der Waals surface area contributed by atoms with Crippen LogP contribution in [0.15, 0.2) is 49.0 Å². The second-order valence-electron chi connectivity index (χ2n) is 6.21. The van der Waals surface area contributed by atoms with E-state index < -0.39 is 0 Å². The predicted molar refractivity (Wildman–Crippen MR) is 100 cm³/mol. The second-order valence-corrected chi connectivity index (χ2v) is 6.21. The molecule has 1 heterocycles. The number of para-hydroxylation sites is 1. The number of imidazole rings is 1. The number of aryl methyl sites for hydroxylation is 1. The molecule has 0 radical (unpaired) electrons. The summed E-state index contributed by atoms with van der Waals surface area (Å²) in [6.07, 6.45) is 0. The quantitative estimate of drug-likeness (QED) is 0.577. The summed E-state index contributed by atoms with van der Waals surface area (Å²) in [6, 6.07) is 13.4. The lowest BCUT2D eigenvalue weighted by atomic mass is 9.94. The number of Topliss-reactive ketones (excluding diaryl/α,β-unsaturated/α-hetero) is 1. The standard InChI is InChI=1S/C19H20BN3O/c1-12(2)15-5-4-6-16-18(15)22(3)19(21)23(16)11-17(24)13-7-9-14(20)10-8-13/h4-10,21H,1,11,20H2,2-3H3. The predicted octanol–water partition coefficient (Wildman–Crippen LogP) is 1.63. The number of nitrogens with zero attached hydrogens (tertiary/aromatic N) is 2. The minimum atomic E-state index is 0.00160. The van der Waals surface area contributed by atoms with E-state index in [1.54, 1.807) is 4.57 Å². The molecule has 0 atom stereocenters. The van der Waals surface area contributed by atoms with Crippen LogP contribution >= 0.6 is 0 Å². The number of hydrogen-bond donors (Lipinski definition) is 1. The zero-order valence-electron chi connectivity index (χ0n) is 14.3.